The van der Waals surface area contributed by atoms with Crippen LogP contribution in [0, 0.1) is 5.82 Å². The summed E-state index contributed by atoms with van der Waals surface area (Å²) in [7, 11) is 0. The standard InChI is InChI=1S/C20H19FN2O4/c21-15-5-3-4-14(12-15)13-18(24)22-8-10-23(11-9-22)19(25)16-6-1-2-7-17(16)20(26)27/h1-7,12H,8-11,13H2,(H,26,27). The van der Waals surface area contributed by atoms with E-state index in [2.05, 4.69) is 0 Å². The minimum Gasteiger partial charge on any atom is -0.478 e. The van der Waals surface area contributed by atoms with E-state index in [0.717, 1.165) is 0 Å². The summed E-state index contributed by atoms with van der Waals surface area (Å²) in [5.41, 5.74) is 0.713. The number of carbonyl (C=O) groups excluding carboxylic acids is 2. The summed E-state index contributed by atoms with van der Waals surface area (Å²) >= 11 is 0. The van der Waals surface area contributed by atoms with Gasteiger partial charge in [0, 0.05) is 26.2 Å². The van der Waals surface area contributed by atoms with Gasteiger partial charge in [0.2, 0.25) is 5.91 Å². The molecule has 1 heterocycles. The average molecular weight is 370 g/mol. The van der Waals surface area contributed by atoms with Gasteiger partial charge in [-0.2, -0.15) is 0 Å². The van der Waals surface area contributed by atoms with E-state index < -0.39 is 5.97 Å². The minimum absolute atomic E-state index is 0.0351. The van der Waals surface area contributed by atoms with E-state index in [-0.39, 0.29) is 35.2 Å². The van der Waals surface area contributed by atoms with Gasteiger partial charge in [0.05, 0.1) is 17.5 Å². The molecule has 1 saturated heterocycles. The molecule has 0 aromatic heterocycles. The second kappa shape index (κ2) is 7.99. The van der Waals surface area contributed by atoms with Crippen molar-refractivity contribution in [2.45, 2.75) is 6.42 Å². The van der Waals surface area contributed by atoms with Crippen LogP contribution in [0.15, 0.2) is 48.5 Å². The number of carboxylic acids is 1. The largest absolute Gasteiger partial charge is 0.478 e. The number of benzene rings is 2. The fourth-order valence-corrected chi connectivity index (χ4v) is 3.12. The van der Waals surface area contributed by atoms with E-state index in [1.165, 1.54) is 24.3 Å². The Labute approximate surface area is 155 Å². The Bertz CT molecular complexity index is 876. The number of hydrogen-bond donors (Lipinski definition) is 1. The Morgan fingerprint density at radius 1 is 0.889 bits per heavy atom. The van der Waals surface area contributed by atoms with Gasteiger partial charge in [-0.1, -0.05) is 24.3 Å². The number of rotatable bonds is 4. The molecule has 1 N–H and O–H groups in total. The molecule has 0 bridgehead atoms. The number of piperazine rings is 1. The van der Waals surface area contributed by atoms with Crippen molar-refractivity contribution in [2.24, 2.45) is 0 Å². The molecule has 2 aromatic rings. The van der Waals surface area contributed by atoms with Gasteiger partial charge in [-0.05, 0) is 29.8 Å². The summed E-state index contributed by atoms with van der Waals surface area (Å²) in [4.78, 5) is 39.5. The third kappa shape index (κ3) is 4.31. The van der Waals surface area contributed by atoms with E-state index in [4.69, 9.17) is 0 Å². The highest BCUT2D eigenvalue weighted by atomic mass is 19.1. The van der Waals surface area contributed by atoms with Crippen LogP contribution < -0.4 is 0 Å². The van der Waals surface area contributed by atoms with Gasteiger partial charge in [0.15, 0.2) is 0 Å². The minimum atomic E-state index is -1.15. The van der Waals surface area contributed by atoms with E-state index in [1.54, 1.807) is 34.1 Å². The summed E-state index contributed by atoms with van der Waals surface area (Å²) in [6.07, 6.45) is 0.105. The predicted molar refractivity (Wildman–Crippen MR) is 96.0 cm³/mol. The molecule has 0 spiro atoms. The Hall–Kier alpha value is -3.22. The van der Waals surface area contributed by atoms with Gasteiger partial charge < -0.3 is 14.9 Å². The van der Waals surface area contributed by atoms with E-state index in [1.807, 2.05) is 0 Å². The molecule has 3 rings (SSSR count). The van der Waals surface area contributed by atoms with E-state index in [9.17, 15) is 23.9 Å². The van der Waals surface area contributed by atoms with Crippen LogP contribution in [0.1, 0.15) is 26.3 Å². The molecule has 6 nitrogen and oxygen atoms in total. The van der Waals surface area contributed by atoms with Gasteiger partial charge in [0.1, 0.15) is 5.82 Å². The summed E-state index contributed by atoms with van der Waals surface area (Å²) in [5.74, 6) is -2.01. The maximum atomic E-state index is 13.2. The highest BCUT2D eigenvalue weighted by Gasteiger charge is 2.27. The average Bonchev–Trinajstić information content (AvgIpc) is 2.67. The quantitative estimate of drug-likeness (QED) is 0.894. The monoisotopic (exact) mass is 370 g/mol. The molecular weight excluding hydrogens is 351 g/mol. The molecule has 1 aliphatic heterocycles. The number of aromatic carboxylic acids is 1. The van der Waals surface area contributed by atoms with E-state index >= 15 is 0 Å². The van der Waals surface area contributed by atoms with Crippen molar-refractivity contribution in [1.29, 1.82) is 0 Å². The molecule has 140 valence electrons. The molecule has 7 heteroatoms. The first-order valence-electron chi connectivity index (χ1n) is 8.59. The molecule has 2 amide bonds. The van der Waals surface area contributed by atoms with Crippen LogP contribution >= 0.6 is 0 Å². The first-order valence-corrected chi connectivity index (χ1v) is 8.59. The topological polar surface area (TPSA) is 77.9 Å². The Morgan fingerprint density at radius 3 is 2.15 bits per heavy atom. The van der Waals surface area contributed by atoms with Gasteiger partial charge >= 0.3 is 5.97 Å². The Balaban J connectivity index is 1.61. The zero-order valence-corrected chi connectivity index (χ0v) is 14.6. The molecule has 1 aliphatic rings. The first-order chi connectivity index (χ1) is 13.0. The highest BCUT2D eigenvalue weighted by molar-refractivity contribution is 6.04. The van der Waals surface area contributed by atoms with Crippen molar-refractivity contribution in [3.8, 4) is 0 Å². The zero-order chi connectivity index (χ0) is 19.4. The second-order valence-electron chi connectivity index (χ2n) is 6.33. The first kappa shape index (κ1) is 18.6. The van der Waals surface area contributed by atoms with Crippen molar-refractivity contribution in [3.05, 3.63) is 71.0 Å². The lowest BCUT2D eigenvalue weighted by atomic mass is 10.1. The lowest BCUT2D eigenvalue weighted by Crippen LogP contribution is -2.51. The molecule has 0 radical (unpaired) electrons. The molecule has 0 atom stereocenters. The van der Waals surface area contributed by atoms with Gasteiger partial charge in [-0.3, -0.25) is 9.59 Å². The van der Waals surface area contributed by atoms with Crippen molar-refractivity contribution < 1.29 is 23.9 Å². The van der Waals surface area contributed by atoms with Crippen LogP contribution in [0.2, 0.25) is 0 Å². The van der Waals surface area contributed by atoms with Crippen LogP contribution in [0.4, 0.5) is 4.39 Å². The third-order valence-electron chi connectivity index (χ3n) is 4.55. The van der Waals surface area contributed by atoms with Gasteiger partial charge in [-0.25, -0.2) is 9.18 Å². The Morgan fingerprint density at radius 2 is 1.52 bits per heavy atom. The van der Waals surface area contributed by atoms with Crippen molar-refractivity contribution in [1.82, 2.24) is 9.80 Å². The number of amides is 2. The summed E-state index contributed by atoms with van der Waals surface area (Å²) in [5, 5.41) is 9.24. The number of nitrogens with zero attached hydrogens (tertiary/aromatic N) is 2. The smallest absolute Gasteiger partial charge is 0.336 e. The molecule has 0 unspecified atom stereocenters. The molecule has 0 saturated carbocycles. The van der Waals surface area contributed by atoms with Crippen molar-refractivity contribution in [2.75, 3.05) is 26.2 Å². The van der Waals surface area contributed by atoms with Gasteiger partial charge in [0.25, 0.3) is 5.91 Å². The Kier molecular flexibility index (Phi) is 5.49. The van der Waals surface area contributed by atoms with Crippen molar-refractivity contribution >= 4 is 17.8 Å². The second-order valence-corrected chi connectivity index (χ2v) is 6.33. The van der Waals surface area contributed by atoms with Crippen molar-refractivity contribution in [3.63, 3.8) is 0 Å². The molecule has 1 fully saturated rings. The lowest BCUT2D eigenvalue weighted by Gasteiger charge is -2.35. The predicted octanol–water partition coefficient (Wildman–Crippen LogP) is 2.05. The molecule has 2 aromatic carbocycles. The van der Waals surface area contributed by atoms with Crippen LogP contribution in [-0.2, 0) is 11.2 Å². The van der Waals surface area contributed by atoms with E-state index in [0.29, 0.717) is 31.7 Å². The lowest BCUT2D eigenvalue weighted by molar-refractivity contribution is -0.131. The zero-order valence-electron chi connectivity index (χ0n) is 14.6. The van der Waals surface area contributed by atoms with Gasteiger partial charge in [-0.15, -0.1) is 0 Å². The van der Waals surface area contributed by atoms with Crippen LogP contribution in [0.25, 0.3) is 0 Å². The summed E-state index contributed by atoms with van der Waals surface area (Å²) in [6.45, 7) is 1.35. The number of carbonyl (C=O) groups is 3. The number of carboxylic acid groups (broad SMARTS) is 1. The summed E-state index contributed by atoms with van der Waals surface area (Å²) in [6, 6.07) is 12.0. The molecular formula is C20H19FN2O4. The SMILES string of the molecule is O=C(O)c1ccccc1C(=O)N1CCN(C(=O)Cc2cccc(F)c2)CC1. The normalized spacial score (nSPS) is 14.1. The molecule has 27 heavy (non-hydrogen) atoms. The van der Waals surface area contributed by atoms with Crippen LogP contribution in [0.3, 0.4) is 0 Å². The fraction of sp³-hybridized carbons (Fsp3) is 0.250. The van der Waals surface area contributed by atoms with Crippen LogP contribution in [-0.4, -0.2) is 58.9 Å². The number of hydrogen-bond acceptors (Lipinski definition) is 3. The van der Waals surface area contributed by atoms with Crippen LogP contribution in [0.5, 0.6) is 0 Å². The highest BCUT2D eigenvalue weighted by Crippen LogP contribution is 2.15. The summed E-state index contributed by atoms with van der Waals surface area (Å²) < 4.78 is 13.2. The fourth-order valence-electron chi connectivity index (χ4n) is 3.12. The number of halogens is 1. The molecule has 0 aliphatic carbocycles. The maximum Gasteiger partial charge on any atom is 0.336 e. The third-order valence-corrected chi connectivity index (χ3v) is 4.55. The maximum absolute atomic E-state index is 13.2.